The fraction of sp³-hybridized carbons (Fsp3) is 0.0500. The number of amides is 3. The number of hydrogen-bond donors (Lipinski definition) is 3. The van der Waals surface area contributed by atoms with E-state index in [1.807, 2.05) is 0 Å². The SMILES string of the molecule is C/C(=C\C#N)N1C(=O)c2ccc(C(=O)Nc3ccc(O)c(C(=O)O)c3)cc2C1=O. The summed E-state index contributed by atoms with van der Waals surface area (Å²) in [6.45, 7) is 1.45. The van der Waals surface area contributed by atoms with E-state index in [1.165, 1.54) is 31.2 Å². The minimum absolute atomic E-state index is 0.0188. The Bertz CT molecular complexity index is 1160. The Kier molecular flexibility index (Phi) is 4.85. The largest absolute Gasteiger partial charge is 0.507 e. The standard InChI is InChI=1S/C20H13N3O6/c1-10(6-7-21)23-18(26)13-4-2-11(8-14(13)19(23)27)17(25)22-12-3-5-16(24)15(9-12)20(28)29/h2-6,8-9,24H,1H3,(H,22,25)(H,28,29)/b10-6+. The van der Waals surface area contributed by atoms with Crippen molar-refractivity contribution < 1.29 is 29.4 Å². The molecule has 0 unspecified atom stereocenters. The van der Waals surface area contributed by atoms with Crippen LogP contribution in [0.2, 0.25) is 0 Å². The van der Waals surface area contributed by atoms with Gasteiger partial charge in [0.25, 0.3) is 17.7 Å². The summed E-state index contributed by atoms with van der Waals surface area (Å²) >= 11 is 0. The van der Waals surface area contributed by atoms with E-state index in [4.69, 9.17) is 10.4 Å². The van der Waals surface area contributed by atoms with E-state index in [1.54, 1.807) is 6.07 Å². The lowest BCUT2D eigenvalue weighted by Gasteiger charge is -2.12. The molecule has 0 aromatic heterocycles. The molecule has 0 spiro atoms. The van der Waals surface area contributed by atoms with E-state index < -0.39 is 29.4 Å². The lowest BCUT2D eigenvalue weighted by Crippen LogP contribution is -2.27. The first kappa shape index (κ1) is 19.3. The summed E-state index contributed by atoms with van der Waals surface area (Å²) in [5.74, 6) is -3.69. The Hall–Kier alpha value is -4.45. The predicted octanol–water partition coefficient (Wildman–Crippen LogP) is 2.37. The zero-order valence-electron chi connectivity index (χ0n) is 15.0. The summed E-state index contributed by atoms with van der Waals surface area (Å²) in [7, 11) is 0. The van der Waals surface area contributed by atoms with Gasteiger partial charge in [0.1, 0.15) is 11.3 Å². The fourth-order valence-electron chi connectivity index (χ4n) is 2.85. The second-order valence-electron chi connectivity index (χ2n) is 6.11. The Morgan fingerprint density at radius 3 is 2.45 bits per heavy atom. The van der Waals surface area contributed by atoms with Crippen LogP contribution in [0.1, 0.15) is 48.4 Å². The molecule has 9 heteroatoms. The Balaban J connectivity index is 1.89. The molecule has 1 heterocycles. The summed E-state index contributed by atoms with van der Waals surface area (Å²) < 4.78 is 0. The van der Waals surface area contributed by atoms with E-state index in [-0.39, 0.29) is 33.6 Å². The second kappa shape index (κ2) is 7.28. The van der Waals surface area contributed by atoms with Crippen molar-refractivity contribution in [2.24, 2.45) is 0 Å². The number of nitrogens with one attached hydrogen (secondary N) is 1. The summed E-state index contributed by atoms with van der Waals surface area (Å²) in [5.41, 5.74) is 0.101. The number of carboxylic acid groups (broad SMARTS) is 1. The minimum atomic E-state index is -1.36. The Morgan fingerprint density at radius 2 is 1.79 bits per heavy atom. The molecule has 9 nitrogen and oxygen atoms in total. The van der Waals surface area contributed by atoms with Crippen LogP contribution in [-0.4, -0.2) is 38.8 Å². The smallest absolute Gasteiger partial charge is 0.339 e. The quantitative estimate of drug-likeness (QED) is 0.412. The third-order valence-electron chi connectivity index (χ3n) is 4.26. The van der Waals surface area contributed by atoms with Crippen LogP contribution >= 0.6 is 0 Å². The van der Waals surface area contributed by atoms with E-state index in [2.05, 4.69) is 5.32 Å². The third kappa shape index (κ3) is 3.42. The molecule has 144 valence electrons. The Labute approximate surface area is 164 Å². The first-order chi connectivity index (χ1) is 13.7. The molecule has 0 aliphatic carbocycles. The van der Waals surface area contributed by atoms with Crippen LogP contribution < -0.4 is 5.32 Å². The van der Waals surface area contributed by atoms with Crippen LogP contribution in [0.15, 0.2) is 48.2 Å². The molecule has 2 aromatic rings. The number of fused-ring (bicyclic) bond motifs is 1. The van der Waals surface area contributed by atoms with Gasteiger partial charge in [0.05, 0.1) is 17.2 Å². The van der Waals surface area contributed by atoms with Crippen molar-refractivity contribution >= 4 is 29.4 Å². The van der Waals surface area contributed by atoms with Crippen molar-refractivity contribution in [3.05, 3.63) is 70.4 Å². The lowest BCUT2D eigenvalue weighted by molar-refractivity contribution is 0.0684. The van der Waals surface area contributed by atoms with Gasteiger partial charge in [-0.2, -0.15) is 5.26 Å². The van der Waals surface area contributed by atoms with Gasteiger partial charge in [0.15, 0.2) is 0 Å². The summed E-state index contributed by atoms with van der Waals surface area (Å²) in [6, 6.07) is 9.24. The molecule has 0 fully saturated rings. The highest BCUT2D eigenvalue weighted by Gasteiger charge is 2.37. The maximum atomic E-state index is 12.5. The van der Waals surface area contributed by atoms with Gasteiger partial charge >= 0.3 is 5.97 Å². The molecule has 3 rings (SSSR count). The number of hydrogen-bond acceptors (Lipinski definition) is 6. The molecule has 2 aromatic carbocycles. The lowest BCUT2D eigenvalue weighted by atomic mass is 10.1. The second-order valence-corrected chi connectivity index (χ2v) is 6.11. The highest BCUT2D eigenvalue weighted by atomic mass is 16.4. The number of benzene rings is 2. The number of anilines is 1. The highest BCUT2D eigenvalue weighted by Crippen LogP contribution is 2.28. The molecule has 3 amide bonds. The summed E-state index contributed by atoms with van der Waals surface area (Å²) in [6.07, 6.45) is 1.07. The van der Waals surface area contributed by atoms with Crippen LogP contribution in [-0.2, 0) is 0 Å². The highest BCUT2D eigenvalue weighted by molar-refractivity contribution is 6.23. The number of carbonyl (C=O) groups is 4. The van der Waals surface area contributed by atoms with E-state index in [0.29, 0.717) is 0 Å². The number of imide groups is 1. The van der Waals surface area contributed by atoms with E-state index in [0.717, 1.165) is 23.1 Å². The number of phenols is 1. The van der Waals surface area contributed by atoms with Crippen molar-refractivity contribution in [1.82, 2.24) is 4.90 Å². The van der Waals surface area contributed by atoms with Crippen LogP contribution in [0.25, 0.3) is 0 Å². The number of carboxylic acids is 1. The first-order valence-electron chi connectivity index (χ1n) is 8.21. The zero-order chi connectivity index (χ0) is 21.3. The Morgan fingerprint density at radius 1 is 1.10 bits per heavy atom. The van der Waals surface area contributed by atoms with Gasteiger partial charge in [-0.1, -0.05) is 0 Å². The first-order valence-corrected chi connectivity index (χ1v) is 8.21. The fourth-order valence-corrected chi connectivity index (χ4v) is 2.85. The van der Waals surface area contributed by atoms with Crippen LogP contribution in [0.5, 0.6) is 5.75 Å². The molecular weight excluding hydrogens is 378 g/mol. The summed E-state index contributed by atoms with van der Waals surface area (Å²) in [4.78, 5) is 49.4. The maximum Gasteiger partial charge on any atom is 0.339 e. The molecule has 29 heavy (non-hydrogen) atoms. The average molecular weight is 391 g/mol. The normalized spacial score (nSPS) is 13.1. The number of allylic oxidation sites excluding steroid dienone is 2. The van der Waals surface area contributed by atoms with Crippen LogP contribution in [0, 0.1) is 11.3 Å². The van der Waals surface area contributed by atoms with Gasteiger partial charge in [0, 0.05) is 23.0 Å². The topological polar surface area (TPSA) is 148 Å². The van der Waals surface area contributed by atoms with E-state index >= 15 is 0 Å². The van der Waals surface area contributed by atoms with Gasteiger partial charge in [-0.25, -0.2) is 9.69 Å². The van der Waals surface area contributed by atoms with Gasteiger partial charge in [0.2, 0.25) is 0 Å². The van der Waals surface area contributed by atoms with Gasteiger partial charge in [-0.15, -0.1) is 0 Å². The van der Waals surface area contributed by atoms with Crippen molar-refractivity contribution in [2.75, 3.05) is 5.32 Å². The molecule has 0 saturated heterocycles. The van der Waals surface area contributed by atoms with Crippen LogP contribution in [0.4, 0.5) is 5.69 Å². The molecular formula is C20H13N3O6. The number of aromatic carboxylic acids is 1. The number of rotatable bonds is 4. The van der Waals surface area contributed by atoms with Gasteiger partial charge in [-0.05, 0) is 43.3 Å². The molecule has 3 N–H and O–H groups in total. The van der Waals surface area contributed by atoms with Crippen LogP contribution in [0.3, 0.4) is 0 Å². The number of nitriles is 1. The molecule has 0 atom stereocenters. The predicted molar refractivity (Wildman–Crippen MR) is 99.3 cm³/mol. The summed E-state index contributed by atoms with van der Waals surface area (Å²) in [5, 5.41) is 29.8. The maximum absolute atomic E-state index is 12.5. The van der Waals surface area contributed by atoms with Crippen molar-refractivity contribution in [1.29, 1.82) is 5.26 Å². The van der Waals surface area contributed by atoms with Crippen molar-refractivity contribution in [2.45, 2.75) is 6.92 Å². The number of nitrogens with zero attached hydrogens (tertiary/aromatic N) is 2. The number of carbonyl (C=O) groups excluding carboxylic acids is 3. The minimum Gasteiger partial charge on any atom is -0.507 e. The molecule has 0 saturated carbocycles. The zero-order valence-corrected chi connectivity index (χ0v) is 15.0. The average Bonchev–Trinajstić information content (AvgIpc) is 2.93. The monoisotopic (exact) mass is 391 g/mol. The third-order valence-corrected chi connectivity index (χ3v) is 4.26. The van der Waals surface area contributed by atoms with Gasteiger partial charge in [-0.3, -0.25) is 14.4 Å². The number of aromatic hydroxyl groups is 1. The van der Waals surface area contributed by atoms with Crippen molar-refractivity contribution in [3.8, 4) is 11.8 Å². The molecule has 0 bridgehead atoms. The van der Waals surface area contributed by atoms with Gasteiger partial charge < -0.3 is 15.5 Å². The molecule has 0 radical (unpaired) electrons. The molecule has 1 aliphatic rings. The van der Waals surface area contributed by atoms with Crippen molar-refractivity contribution in [3.63, 3.8) is 0 Å². The molecule has 1 aliphatic heterocycles. The van der Waals surface area contributed by atoms with E-state index in [9.17, 15) is 24.3 Å².